The highest BCUT2D eigenvalue weighted by Crippen LogP contribution is 2.28. The van der Waals surface area contributed by atoms with Crippen molar-refractivity contribution in [2.75, 3.05) is 33.3 Å². The van der Waals surface area contributed by atoms with Gasteiger partial charge in [0.05, 0.1) is 23.7 Å². The van der Waals surface area contributed by atoms with Crippen molar-refractivity contribution < 1.29 is 14.3 Å². The maximum Gasteiger partial charge on any atom is 0.272 e. The maximum atomic E-state index is 13.3. The molecule has 0 aromatic heterocycles. The molecule has 0 atom stereocenters. The Morgan fingerprint density at radius 2 is 1.85 bits per heavy atom. The summed E-state index contributed by atoms with van der Waals surface area (Å²) in [5.41, 5.74) is 10.1. The zero-order valence-corrected chi connectivity index (χ0v) is 20.6. The SMILES string of the molecule is COc1ccc(CN2CCN=C(C3=C(N)CCN(C(=O)c4cc(Cl)c(Cl)cc4C)C3)C2=O)cc1. The molecule has 0 fully saturated rings. The molecule has 4 rings (SSSR count). The fourth-order valence-electron chi connectivity index (χ4n) is 4.15. The average molecular weight is 501 g/mol. The van der Waals surface area contributed by atoms with Gasteiger partial charge in [-0.25, -0.2) is 0 Å². The summed E-state index contributed by atoms with van der Waals surface area (Å²) in [6.45, 7) is 3.94. The van der Waals surface area contributed by atoms with E-state index in [4.69, 9.17) is 33.7 Å². The van der Waals surface area contributed by atoms with Crippen LogP contribution in [0.25, 0.3) is 0 Å². The number of nitrogens with two attached hydrogens (primary N) is 1. The molecular formula is C25H26Cl2N4O3. The molecule has 9 heteroatoms. The number of ether oxygens (including phenoxy) is 1. The minimum Gasteiger partial charge on any atom is -0.497 e. The molecule has 2 amide bonds. The zero-order valence-electron chi connectivity index (χ0n) is 19.1. The minimum absolute atomic E-state index is 0.181. The summed E-state index contributed by atoms with van der Waals surface area (Å²) in [6.07, 6.45) is 0.465. The van der Waals surface area contributed by atoms with Crippen molar-refractivity contribution in [1.82, 2.24) is 9.80 Å². The van der Waals surface area contributed by atoms with Crippen LogP contribution in [0.1, 0.15) is 27.9 Å². The van der Waals surface area contributed by atoms with E-state index in [0.29, 0.717) is 65.2 Å². The molecule has 7 nitrogen and oxygen atoms in total. The minimum atomic E-state index is -0.181. The molecule has 2 N–H and O–H groups in total. The molecule has 0 saturated carbocycles. The first-order valence-corrected chi connectivity index (χ1v) is 11.7. The highest BCUT2D eigenvalue weighted by molar-refractivity contribution is 6.46. The lowest BCUT2D eigenvalue weighted by molar-refractivity contribution is -0.125. The number of aliphatic imine (C=N–C) groups is 1. The number of benzene rings is 2. The molecule has 2 aliphatic rings. The number of rotatable bonds is 5. The molecule has 2 aromatic rings. The van der Waals surface area contributed by atoms with Gasteiger partial charge in [-0.05, 0) is 42.3 Å². The van der Waals surface area contributed by atoms with E-state index in [2.05, 4.69) is 4.99 Å². The molecule has 2 aliphatic heterocycles. The van der Waals surface area contributed by atoms with Crippen LogP contribution < -0.4 is 10.5 Å². The van der Waals surface area contributed by atoms with Crippen molar-refractivity contribution in [2.45, 2.75) is 19.9 Å². The quantitative estimate of drug-likeness (QED) is 0.674. The fraction of sp³-hybridized carbons (Fsp3) is 0.320. The summed E-state index contributed by atoms with van der Waals surface area (Å²) in [7, 11) is 1.62. The van der Waals surface area contributed by atoms with Crippen molar-refractivity contribution in [2.24, 2.45) is 10.7 Å². The van der Waals surface area contributed by atoms with Crippen LogP contribution in [0.3, 0.4) is 0 Å². The van der Waals surface area contributed by atoms with Crippen LogP contribution >= 0.6 is 23.2 Å². The Balaban J connectivity index is 1.52. The van der Waals surface area contributed by atoms with Crippen molar-refractivity contribution >= 4 is 40.7 Å². The van der Waals surface area contributed by atoms with Crippen molar-refractivity contribution in [1.29, 1.82) is 0 Å². The lowest BCUT2D eigenvalue weighted by Gasteiger charge is -2.33. The number of methoxy groups -OCH3 is 1. The normalized spacial score (nSPS) is 16.6. The van der Waals surface area contributed by atoms with E-state index in [1.54, 1.807) is 29.0 Å². The third-order valence-corrected chi connectivity index (χ3v) is 6.84. The van der Waals surface area contributed by atoms with Gasteiger partial charge in [-0.3, -0.25) is 14.6 Å². The molecule has 0 bridgehead atoms. The van der Waals surface area contributed by atoms with E-state index in [1.165, 1.54) is 0 Å². The molecule has 0 aliphatic carbocycles. The second kappa shape index (κ2) is 10.1. The number of halogens is 2. The Morgan fingerprint density at radius 1 is 1.15 bits per heavy atom. The Kier molecular flexibility index (Phi) is 7.14. The lowest BCUT2D eigenvalue weighted by atomic mass is 9.98. The van der Waals surface area contributed by atoms with Crippen molar-refractivity contribution in [3.05, 3.63) is 74.4 Å². The fourth-order valence-corrected chi connectivity index (χ4v) is 4.54. The second-order valence-corrected chi connectivity index (χ2v) is 9.18. The van der Waals surface area contributed by atoms with Crippen LogP contribution in [-0.4, -0.2) is 60.6 Å². The largest absolute Gasteiger partial charge is 0.497 e. The molecule has 2 aromatic carbocycles. The molecule has 34 heavy (non-hydrogen) atoms. The average Bonchev–Trinajstić information content (AvgIpc) is 2.83. The van der Waals surface area contributed by atoms with Gasteiger partial charge in [0.2, 0.25) is 0 Å². The first-order valence-electron chi connectivity index (χ1n) is 11.0. The van der Waals surface area contributed by atoms with Crippen molar-refractivity contribution in [3.63, 3.8) is 0 Å². The lowest BCUT2D eigenvalue weighted by Crippen LogP contribution is -2.47. The number of carbonyl (C=O) groups excluding carboxylic acids is 2. The van der Waals surface area contributed by atoms with Crippen LogP contribution in [-0.2, 0) is 11.3 Å². The third-order valence-electron chi connectivity index (χ3n) is 6.12. The van der Waals surface area contributed by atoms with Gasteiger partial charge >= 0.3 is 0 Å². The topological polar surface area (TPSA) is 88.2 Å². The summed E-state index contributed by atoms with van der Waals surface area (Å²) < 4.78 is 5.20. The number of aryl methyl sites for hydroxylation is 1. The summed E-state index contributed by atoms with van der Waals surface area (Å²) >= 11 is 12.2. The highest BCUT2D eigenvalue weighted by atomic mass is 35.5. The maximum absolute atomic E-state index is 13.3. The van der Waals surface area contributed by atoms with Gasteiger partial charge in [0, 0.05) is 49.4 Å². The van der Waals surface area contributed by atoms with Crippen LogP contribution in [0, 0.1) is 6.92 Å². The smallest absolute Gasteiger partial charge is 0.272 e. The number of hydrogen-bond donors (Lipinski definition) is 1. The number of amides is 2. The molecule has 0 unspecified atom stereocenters. The van der Waals surface area contributed by atoms with Crippen LogP contribution in [0.4, 0.5) is 0 Å². The number of hydrogen-bond acceptors (Lipinski definition) is 5. The van der Waals surface area contributed by atoms with Gasteiger partial charge in [-0.1, -0.05) is 35.3 Å². The Morgan fingerprint density at radius 3 is 2.56 bits per heavy atom. The molecule has 178 valence electrons. The summed E-state index contributed by atoms with van der Waals surface area (Å²) in [5, 5.41) is 0.724. The summed E-state index contributed by atoms with van der Waals surface area (Å²) in [6, 6.07) is 10.9. The Labute approximate surface area is 208 Å². The van der Waals surface area contributed by atoms with E-state index >= 15 is 0 Å². The molecule has 0 radical (unpaired) electrons. The van der Waals surface area contributed by atoms with Crippen LogP contribution in [0.2, 0.25) is 10.0 Å². The number of carbonyl (C=O) groups is 2. The summed E-state index contributed by atoms with van der Waals surface area (Å²) in [5.74, 6) is 0.401. The van der Waals surface area contributed by atoms with E-state index in [-0.39, 0.29) is 18.4 Å². The highest BCUT2D eigenvalue weighted by Gasteiger charge is 2.32. The first-order chi connectivity index (χ1) is 16.3. The first kappa shape index (κ1) is 24.1. The Bertz CT molecular complexity index is 1190. The second-order valence-electron chi connectivity index (χ2n) is 8.37. The van der Waals surface area contributed by atoms with Gasteiger partial charge in [0.1, 0.15) is 11.5 Å². The predicted octanol–water partition coefficient (Wildman–Crippen LogP) is 3.85. The van der Waals surface area contributed by atoms with E-state index in [0.717, 1.165) is 16.9 Å². The molecule has 0 spiro atoms. The van der Waals surface area contributed by atoms with Gasteiger partial charge in [-0.15, -0.1) is 0 Å². The Hall–Kier alpha value is -3.03. The van der Waals surface area contributed by atoms with Gasteiger partial charge in [0.15, 0.2) is 0 Å². The third kappa shape index (κ3) is 4.91. The monoisotopic (exact) mass is 500 g/mol. The summed E-state index contributed by atoms with van der Waals surface area (Å²) in [4.78, 5) is 34.5. The van der Waals surface area contributed by atoms with E-state index in [1.807, 2.05) is 31.2 Å². The van der Waals surface area contributed by atoms with Crippen LogP contribution in [0.5, 0.6) is 5.75 Å². The molecular weight excluding hydrogens is 475 g/mol. The van der Waals surface area contributed by atoms with Gasteiger partial charge in [-0.2, -0.15) is 0 Å². The van der Waals surface area contributed by atoms with Crippen molar-refractivity contribution in [3.8, 4) is 5.75 Å². The van der Waals surface area contributed by atoms with E-state index < -0.39 is 0 Å². The predicted molar refractivity (Wildman–Crippen MR) is 134 cm³/mol. The van der Waals surface area contributed by atoms with E-state index in [9.17, 15) is 9.59 Å². The molecule has 2 heterocycles. The van der Waals surface area contributed by atoms with Gasteiger partial charge in [0.25, 0.3) is 11.8 Å². The van der Waals surface area contributed by atoms with Gasteiger partial charge < -0.3 is 20.3 Å². The molecule has 0 saturated heterocycles. The van der Waals surface area contributed by atoms with Crippen LogP contribution in [0.15, 0.2) is 52.7 Å². The number of nitrogens with zero attached hydrogens (tertiary/aromatic N) is 3. The standard InChI is InChI=1S/C25H26Cl2N4O3/c1-15-11-20(26)21(27)12-18(15)24(32)30-9-7-22(28)19(14-30)23-25(33)31(10-8-29-23)13-16-3-5-17(34-2)6-4-16/h3-6,11-12H,7-10,13-14,28H2,1-2H3. The zero-order chi connectivity index (χ0) is 24.4.